The first-order valence-corrected chi connectivity index (χ1v) is 7.55. The van der Waals surface area contributed by atoms with Crippen molar-refractivity contribution < 1.29 is 0 Å². The quantitative estimate of drug-likeness (QED) is 0.841. The molecule has 0 spiro atoms. The molecule has 0 amide bonds. The summed E-state index contributed by atoms with van der Waals surface area (Å²) in [6, 6.07) is 0.307. The van der Waals surface area contributed by atoms with Crippen molar-refractivity contribution in [1.29, 1.82) is 0 Å². The van der Waals surface area contributed by atoms with E-state index in [0.29, 0.717) is 6.04 Å². The Morgan fingerprint density at radius 2 is 2.17 bits per heavy atom. The van der Waals surface area contributed by atoms with E-state index in [1.165, 1.54) is 50.5 Å². The minimum absolute atomic E-state index is 0.307. The molecule has 0 radical (unpaired) electrons. The van der Waals surface area contributed by atoms with Crippen LogP contribution in [0.4, 0.5) is 0 Å². The zero-order valence-electron chi connectivity index (χ0n) is 11.6. The number of nitrogens with zero attached hydrogens (tertiary/aromatic N) is 2. The number of hydrogen-bond acceptors (Lipinski definition) is 2. The molecule has 1 aliphatic rings. The highest BCUT2D eigenvalue weighted by Gasteiger charge is 2.15. The maximum Gasteiger partial charge on any atom is 0.0522 e. The van der Waals surface area contributed by atoms with Gasteiger partial charge in [0, 0.05) is 18.8 Å². The monoisotopic (exact) mass is 249 g/mol. The third-order valence-corrected chi connectivity index (χ3v) is 4.18. The largest absolute Gasteiger partial charge is 0.327 e. The Morgan fingerprint density at radius 1 is 1.39 bits per heavy atom. The molecular formula is C15H27N3. The highest BCUT2D eigenvalue weighted by atomic mass is 15.3. The Hall–Kier alpha value is -0.830. The van der Waals surface area contributed by atoms with Gasteiger partial charge >= 0.3 is 0 Å². The van der Waals surface area contributed by atoms with E-state index in [4.69, 9.17) is 5.73 Å². The summed E-state index contributed by atoms with van der Waals surface area (Å²) in [7, 11) is 0. The Labute approximate surface area is 111 Å². The van der Waals surface area contributed by atoms with E-state index in [2.05, 4.69) is 18.2 Å². The van der Waals surface area contributed by atoms with Crippen molar-refractivity contribution >= 4 is 0 Å². The summed E-state index contributed by atoms with van der Waals surface area (Å²) >= 11 is 0. The number of aryl methyl sites for hydroxylation is 1. The molecule has 0 bridgehead atoms. The molecule has 0 saturated heterocycles. The molecule has 1 atom stereocenters. The van der Waals surface area contributed by atoms with Crippen molar-refractivity contribution in [2.75, 3.05) is 0 Å². The predicted molar refractivity (Wildman–Crippen MR) is 75.4 cm³/mol. The van der Waals surface area contributed by atoms with Crippen molar-refractivity contribution in [3.8, 4) is 0 Å². The fourth-order valence-corrected chi connectivity index (χ4v) is 3.02. The minimum atomic E-state index is 0.307. The van der Waals surface area contributed by atoms with Crippen LogP contribution in [0.15, 0.2) is 12.4 Å². The lowest BCUT2D eigenvalue weighted by Crippen LogP contribution is -2.24. The van der Waals surface area contributed by atoms with E-state index in [1.807, 2.05) is 10.9 Å². The van der Waals surface area contributed by atoms with E-state index < -0.39 is 0 Å². The first-order valence-electron chi connectivity index (χ1n) is 7.55. The zero-order valence-corrected chi connectivity index (χ0v) is 11.6. The third-order valence-electron chi connectivity index (χ3n) is 4.18. The van der Waals surface area contributed by atoms with Crippen molar-refractivity contribution in [2.45, 2.75) is 70.9 Å². The van der Waals surface area contributed by atoms with Gasteiger partial charge in [-0.3, -0.25) is 4.68 Å². The van der Waals surface area contributed by atoms with Crippen LogP contribution in [-0.4, -0.2) is 15.8 Å². The van der Waals surface area contributed by atoms with Gasteiger partial charge in [-0.25, -0.2) is 0 Å². The lowest BCUT2D eigenvalue weighted by Gasteiger charge is -2.22. The molecule has 0 aliphatic heterocycles. The van der Waals surface area contributed by atoms with Gasteiger partial charge in [-0.1, -0.05) is 32.1 Å². The van der Waals surface area contributed by atoms with E-state index in [-0.39, 0.29) is 0 Å². The first-order chi connectivity index (χ1) is 8.78. The molecular weight excluding hydrogens is 222 g/mol. The lowest BCUT2D eigenvalue weighted by molar-refractivity contribution is 0.323. The molecule has 2 N–H and O–H groups in total. The number of nitrogens with two attached hydrogens (primary N) is 1. The third kappa shape index (κ3) is 4.13. The summed E-state index contributed by atoms with van der Waals surface area (Å²) in [6.07, 6.45) is 14.7. The maximum absolute atomic E-state index is 6.24. The highest BCUT2D eigenvalue weighted by Crippen LogP contribution is 2.27. The van der Waals surface area contributed by atoms with Gasteiger partial charge in [0.2, 0.25) is 0 Å². The SMILES string of the molecule is CCn1cc(CC(N)CCC2CCCCC2)cn1. The van der Waals surface area contributed by atoms with Crippen molar-refractivity contribution in [3.05, 3.63) is 18.0 Å². The first kappa shape index (κ1) is 13.6. The minimum Gasteiger partial charge on any atom is -0.327 e. The smallest absolute Gasteiger partial charge is 0.0522 e. The van der Waals surface area contributed by atoms with Gasteiger partial charge in [0.05, 0.1) is 6.20 Å². The van der Waals surface area contributed by atoms with Gasteiger partial charge < -0.3 is 5.73 Å². The average molecular weight is 249 g/mol. The molecule has 3 nitrogen and oxygen atoms in total. The van der Waals surface area contributed by atoms with Gasteiger partial charge in [0.1, 0.15) is 0 Å². The van der Waals surface area contributed by atoms with Crippen LogP contribution in [0.2, 0.25) is 0 Å². The molecule has 0 aromatic carbocycles. The van der Waals surface area contributed by atoms with Crippen LogP contribution in [0.25, 0.3) is 0 Å². The molecule has 3 heteroatoms. The Balaban J connectivity index is 1.69. The standard InChI is InChI=1S/C15H27N3/c1-2-18-12-14(11-17-18)10-15(16)9-8-13-6-4-3-5-7-13/h11-13,15H,2-10,16H2,1H3. The second-order valence-corrected chi connectivity index (χ2v) is 5.75. The van der Waals surface area contributed by atoms with Crippen molar-refractivity contribution in [3.63, 3.8) is 0 Å². The molecule has 18 heavy (non-hydrogen) atoms. The molecule has 1 saturated carbocycles. The Bertz CT molecular complexity index is 339. The average Bonchev–Trinajstić information content (AvgIpc) is 2.85. The van der Waals surface area contributed by atoms with Gasteiger partial charge in [-0.05, 0) is 37.7 Å². The number of aromatic nitrogens is 2. The molecule has 1 aliphatic carbocycles. The van der Waals surface area contributed by atoms with Gasteiger partial charge in [-0.2, -0.15) is 5.10 Å². The molecule has 1 aromatic rings. The van der Waals surface area contributed by atoms with E-state index in [0.717, 1.165) is 18.9 Å². The fourth-order valence-electron chi connectivity index (χ4n) is 3.02. The van der Waals surface area contributed by atoms with Crippen LogP contribution in [0.1, 0.15) is 57.4 Å². The van der Waals surface area contributed by atoms with Crippen LogP contribution in [0, 0.1) is 5.92 Å². The maximum atomic E-state index is 6.24. The van der Waals surface area contributed by atoms with Crippen LogP contribution in [-0.2, 0) is 13.0 Å². The van der Waals surface area contributed by atoms with Crippen LogP contribution >= 0.6 is 0 Å². The summed E-state index contributed by atoms with van der Waals surface area (Å²) in [6.45, 7) is 3.05. The summed E-state index contributed by atoms with van der Waals surface area (Å²) in [5.41, 5.74) is 7.52. The van der Waals surface area contributed by atoms with Crippen LogP contribution < -0.4 is 5.73 Å². The fraction of sp³-hybridized carbons (Fsp3) is 0.800. The summed E-state index contributed by atoms with van der Waals surface area (Å²) in [4.78, 5) is 0. The highest BCUT2D eigenvalue weighted by molar-refractivity contribution is 5.05. The molecule has 1 aromatic heterocycles. The lowest BCUT2D eigenvalue weighted by atomic mass is 9.85. The summed E-state index contributed by atoms with van der Waals surface area (Å²) in [5, 5.41) is 4.30. The van der Waals surface area contributed by atoms with E-state index in [1.54, 1.807) is 0 Å². The van der Waals surface area contributed by atoms with E-state index >= 15 is 0 Å². The normalized spacial score (nSPS) is 19.0. The topological polar surface area (TPSA) is 43.8 Å². The molecule has 2 rings (SSSR count). The van der Waals surface area contributed by atoms with Crippen molar-refractivity contribution in [2.24, 2.45) is 11.7 Å². The second kappa shape index (κ2) is 6.93. The number of rotatable bonds is 6. The van der Waals surface area contributed by atoms with Gasteiger partial charge in [0.15, 0.2) is 0 Å². The molecule has 1 heterocycles. The summed E-state index contributed by atoms with van der Waals surface area (Å²) in [5.74, 6) is 0.947. The zero-order chi connectivity index (χ0) is 12.8. The van der Waals surface area contributed by atoms with E-state index in [9.17, 15) is 0 Å². The molecule has 1 unspecified atom stereocenters. The van der Waals surface area contributed by atoms with Crippen LogP contribution in [0.5, 0.6) is 0 Å². The van der Waals surface area contributed by atoms with Gasteiger partial charge in [0.25, 0.3) is 0 Å². The summed E-state index contributed by atoms with van der Waals surface area (Å²) < 4.78 is 1.98. The number of hydrogen-bond donors (Lipinski definition) is 1. The Morgan fingerprint density at radius 3 is 2.83 bits per heavy atom. The Kier molecular flexibility index (Phi) is 5.24. The van der Waals surface area contributed by atoms with Crippen LogP contribution in [0.3, 0.4) is 0 Å². The predicted octanol–water partition coefficient (Wildman–Crippen LogP) is 3.13. The van der Waals surface area contributed by atoms with Gasteiger partial charge in [-0.15, -0.1) is 0 Å². The van der Waals surface area contributed by atoms with Crippen molar-refractivity contribution in [1.82, 2.24) is 9.78 Å². The second-order valence-electron chi connectivity index (χ2n) is 5.75. The molecule has 1 fully saturated rings. The molecule has 102 valence electrons.